The number of aliphatic hydroxyl groups is 5. The highest BCUT2D eigenvalue weighted by molar-refractivity contribution is 7.80. The molecular weight excluding hydrogens is 713 g/mol. The zero-order valence-electron chi connectivity index (χ0n) is 29.7. The van der Waals surface area contributed by atoms with Crippen LogP contribution in [0.15, 0.2) is 121 Å². The Kier molecular flexibility index (Phi) is 14.1. The van der Waals surface area contributed by atoms with Gasteiger partial charge in [-0.05, 0) is 34.5 Å². The van der Waals surface area contributed by atoms with Gasteiger partial charge in [0.15, 0.2) is 11.3 Å². The van der Waals surface area contributed by atoms with E-state index in [4.69, 9.17) is 35.9 Å². The van der Waals surface area contributed by atoms with E-state index in [1.54, 1.807) is 0 Å². The second-order valence-electron chi connectivity index (χ2n) is 13.6. The average Bonchev–Trinajstić information content (AvgIpc) is 3.36. The van der Waals surface area contributed by atoms with Crippen LogP contribution >= 0.6 is 12.2 Å². The maximum absolute atomic E-state index is 11.0. The summed E-state index contributed by atoms with van der Waals surface area (Å²) in [7, 11) is 0. The Hall–Kier alpha value is -3.83. The Labute approximate surface area is 320 Å². The molecule has 1 saturated heterocycles. The number of aliphatic hydroxyl groups excluding tert-OH is 4. The molecule has 10 atom stereocenters. The van der Waals surface area contributed by atoms with E-state index in [1.165, 1.54) is 0 Å². The number of benzene rings is 4. The predicted molar refractivity (Wildman–Crippen MR) is 203 cm³/mol. The van der Waals surface area contributed by atoms with Crippen molar-refractivity contribution in [2.24, 2.45) is 0 Å². The van der Waals surface area contributed by atoms with Crippen molar-refractivity contribution < 1.29 is 49.2 Å². The van der Waals surface area contributed by atoms with E-state index in [9.17, 15) is 25.5 Å². The van der Waals surface area contributed by atoms with E-state index < -0.39 is 67.2 Å². The minimum atomic E-state index is -2.30. The molecule has 12 nitrogen and oxygen atoms in total. The van der Waals surface area contributed by atoms with Gasteiger partial charge in [0.2, 0.25) is 0 Å². The third kappa shape index (κ3) is 9.88. The minimum absolute atomic E-state index is 0.104. The second kappa shape index (κ2) is 19.2. The first-order valence-corrected chi connectivity index (χ1v) is 18.4. The molecule has 0 radical (unpaired) electrons. The topological polar surface area (TPSA) is 171 Å². The Balaban J connectivity index is 1.31. The Morgan fingerprint density at radius 1 is 0.611 bits per heavy atom. The summed E-state index contributed by atoms with van der Waals surface area (Å²) >= 11 is 5.67. The molecular formula is C41H48N2O10S. The van der Waals surface area contributed by atoms with Gasteiger partial charge in [0.1, 0.15) is 48.3 Å². The first-order valence-electron chi connectivity index (χ1n) is 17.9. The van der Waals surface area contributed by atoms with Crippen LogP contribution in [0, 0.1) is 0 Å². The molecule has 0 unspecified atom stereocenters. The van der Waals surface area contributed by atoms with Crippen molar-refractivity contribution in [1.29, 1.82) is 0 Å². The molecule has 1 saturated carbocycles. The quantitative estimate of drug-likeness (QED) is 0.0832. The Morgan fingerprint density at radius 3 is 1.54 bits per heavy atom. The SMILES string of the molecule is OC[C@]1(O)[C@@H](O)[C@H](O)[C@H](O)[C@@H]1NC(=S)N[C@H]1O[C@H](COCc2ccccc2)[C@@H](OCc2ccccc2)[C@H](OCc2ccccc2)[C@H]1OCc1ccccc1. The number of rotatable bonds is 16. The lowest BCUT2D eigenvalue weighted by atomic mass is 9.96. The Morgan fingerprint density at radius 2 is 1.06 bits per heavy atom. The summed E-state index contributed by atoms with van der Waals surface area (Å²) in [5.41, 5.74) is 1.46. The number of ether oxygens (including phenoxy) is 5. The van der Waals surface area contributed by atoms with Crippen molar-refractivity contribution in [3.63, 3.8) is 0 Å². The molecule has 7 N–H and O–H groups in total. The van der Waals surface area contributed by atoms with E-state index in [2.05, 4.69) is 10.6 Å². The number of hydrogen-bond donors (Lipinski definition) is 7. The molecule has 4 aromatic carbocycles. The van der Waals surface area contributed by atoms with E-state index in [0.717, 1.165) is 22.3 Å². The lowest BCUT2D eigenvalue weighted by Gasteiger charge is -2.46. The predicted octanol–water partition coefficient (Wildman–Crippen LogP) is 2.34. The zero-order valence-corrected chi connectivity index (χ0v) is 30.5. The highest BCUT2D eigenvalue weighted by atomic mass is 32.1. The van der Waals surface area contributed by atoms with Crippen molar-refractivity contribution in [3.05, 3.63) is 144 Å². The molecule has 6 rings (SSSR count). The van der Waals surface area contributed by atoms with E-state index in [1.807, 2.05) is 121 Å². The Bertz CT molecular complexity index is 1710. The molecule has 54 heavy (non-hydrogen) atoms. The van der Waals surface area contributed by atoms with Crippen LogP contribution in [0.3, 0.4) is 0 Å². The maximum Gasteiger partial charge on any atom is 0.168 e. The van der Waals surface area contributed by atoms with Crippen LogP contribution in [0.5, 0.6) is 0 Å². The van der Waals surface area contributed by atoms with Crippen LogP contribution in [0.25, 0.3) is 0 Å². The van der Waals surface area contributed by atoms with Crippen molar-refractivity contribution in [2.75, 3.05) is 13.2 Å². The van der Waals surface area contributed by atoms with Crippen LogP contribution in [-0.4, -0.2) is 104 Å². The normalized spacial score (nSPS) is 29.5. The van der Waals surface area contributed by atoms with Gasteiger partial charge in [-0.2, -0.15) is 0 Å². The van der Waals surface area contributed by atoms with Gasteiger partial charge in [0, 0.05) is 0 Å². The molecule has 2 aliphatic rings. The fraction of sp³-hybridized carbons (Fsp3) is 0.390. The molecule has 0 bridgehead atoms. The van der Waals surface area contributed by atoms with E-state index >= 15 is 0 Å². The van der Waals surface area contributed by atoms with Crippen LogP contribution in [-0.2, 0) is 50.1 Å². The minimum Gasteiger partial charge on any atom is -0.393 e. The van der Waals surface area contributed by atoms with Gasteiger partial charge in [0.25, 0.3) is 0 Å². The van der Waals surface area contributed by atoms with Crippen molar-refractivity contribution in [1.82, 2.24) is 10.6 Å². The molecule has 0 spiro atoms. The molecule has 4 aromatic rings. The van der Waals surface area contributed by atoms with Gasteiger partial charge in [-0.25, -0.2) is 0 Å². The third-order valence-corrected chi connectivity index (χ3v) is 10.00. The fourth-order valence-corrected chi connectivity index (χ4v) is 7.02. The highest BCUT2D eigenvalue weighted by Gasteiger charge is 2.59. The molecule has 0 aromatic heterocycles. The average molecular weight is 761 g/mol. The standard InChI is InChI=1S/C41H48N2O10S/c44-26-41(48)37(32(45)33(46)38(41)47)42-40(54)43-39-36(52-24-30-19-11-4-12-20-30)35(51-23-29-17-9-3-10-18-29)34(50-22-28-15-7-2-8-16-28)31(53-39)25-49-21-27-13-5-1-6-14-27/h1-20,31-39,44-48H,21-26H2,(H2,42,43,54)/t31-,32+,33-,34-,35+,36-,37+,38+,39+,41-/m1/s1. The van der Waals surface area contributed by atoms with Gasteiger partial charge in [0.05, 0.1) is 45.7 Å². The monoisotopic (exact) mass is 760 g/mol. The van der Waals surface area contributed by atoms with E-state index in [0.29, 0.717) is 6.61 Å². The lowest BCUT2D eigenvalue weighted by molar-refractivity contribution is -0.275. The largest absolute Gasteiger partial charge is 0.393 e. The molecule has 13 heteroatoms. The first-order chi connectivity index (χ1) is 26.3. The van der Waals surface area contributed by atoms with Gasteiger partial charge in [-0.15, -0.1) is 0 Å². The molecule has 2 fully saturated rings. The maximum atomic E-state index is 11.0. The summed E-state index contributed by atoms with van der Waals surface area (Å²) in [6.07, 6.45) is -9.28. The lowest BCUT2D eigenvalue weighted by Crippen LogP contribution is -2.67. The molecule has 1 aliphatic carbocycles. The molecule has 1 heterocycles. The summed E-state index contributed by atoms with van der Waals surface area (Å²) in [6.45, 7) is 0.126. The third-order valence-electron chi connectivity index (χ3n) is 9.76. The van der Waals surface area contributed by atoms with Gasteiger partial charge in [-0.1, -0.05) is 121 Å². The van der Waals surface area contributed by atoms with Crippen molar-refractivity contribution >= 4 is 17.3 Å². The first kappa shape index (κ1) is 39.9. The smallest absolute Gasteiger partial charge is 0.168 e. The number of hydrogen-bond acceptors (Lipinski definition) is 11. The molecule has 0 amide bonds. The molecule has 288 valence electrons. The van der Waals surface area contributed by atoms with Gasteiger partial charge in [-0.3, -0.25) is 0 Å². The summed E-state index contributed by atoms with van der Waals surface area (Å²) in [5.74, 6) is 0. The van der Waals surface area contributed by atoms with Crippen LogP contribution in [0.4, 0.5) is 0 Å². The van der Waals surface area contributed by atoms with Crippen LogP contribution in [0.1, 0.15) is 22.3 Å². The van der Waals surface area contributed by atoms with Crippen molar-refractivity contribution in [3.8, 4) is 0 Å². The summed E-state index contributed by atoms with van der Waals surface area (Å²) in [6, 6.07) is 37.4. The van der Waals surface area contributed by atoms with Gasteiger partial charge < -0.3 is 59.9 Å². The molecule has 1 aliphatic heterocycles. The van der Waals surface area contributed by atoms with E-state index in [-0.39, 0.29) is 31.5 Å². The summed E-state index contributed by atoms with van der Waals surface area (Å²) < 4.78 is 33.0. The zero-order chi connectivity index (χ0) is 37.9. The van der Waals surface area contributed by atoms with Crippen molar-refractivity contribution in [2.45, 2.75) is 87.0 Å². The summed E-state index contributed by atoms with van der Waals surface area (Å²) in [5, 5.41) is 58.3. The highest BCUT2D eigenvalue weighted by Crippen LogP contribution is 2.33. The summed E-state index contributed by atoms with van der Waals surface area (Å²) in [4.78, 5) is 0. The fourth-order valence-electron chi connectivity index (χ4n) is 6.78. The second-order valence-corrected chi connectivity index (χ2v) is 14.0. The van der Waals surface area contributed by atoms with Crippen LogP contribution < -0.4 is 10.6 Å². The number of thiocarbonyl (C=S) groups is 1. The number of nitrogens with one attached hydrogen (secondary N) is 2. The van der Waals surface area contributed by atoms with Gasteiger partial charge >= 0.3 is 0 Å². The van der Waals surface area contributed by atoms with Crippen LogP contribution in [0.2, 0.25) is 0 Å².